The standard InChI is InChI=1S/C18H13BO3.C8H20N/c20-19(21)22-17-7-3-6-12-8-9-15-10-13-4-1-2-5-14(13)11-16(15)18(12)17;1-5-9(6-2,7-3)8-4/h1-11,20-21H;5-8H2,1-4H3/q;+1. The molecule has 0 radical (unpaired) electrons. The lowest BCUT2D eigenvalue weighted by atomic mass is 9.97. The van der Waals surface area contributed by atoms with Gasteiger partial charge in [-0.15, -0.1) is 0 Å². The lowest BCUT2D eigenvalue weighted by molar-refractivity contribution is -0.921. The topological polar surface area (TPSA) is 49.7 Å². The fourth-order valence-electron chi connectivity index (χ4n) is 4.32. The zero-order valence-electron chi connectivity index (χ0n) is 19.0. The average molecular weight is 418 g/mol. The summed E-state index contributed by atoms with van der Waals surface area (Å²) in [5, 5.41) is 24.6. The van der Waals surface area contributed by atoms with E-state index in [4.69, 9.17) is 14.7 Å². The lowest BCUT2D eigenvalue weighted by Gasteiger charge is -2.34. The predicted molar refractivity (Wildman–Crippen MR) is 132 cm³/mol. The van der Waals surface area contributed by atoms with Gasteiger partial charge in [0.15, 0.2) is 0 Å². The third-order valence-electron chi connectivity index (χ3n) is 6.60. The largest absolute Gasteiger partial charge is 0.707 e. The van der Waals surface area contributed by atoms with Crippen molar-refractivity contribution in [1.29, 1.82) is 0 Å². The molecule has 0 unspecified atom stereocenters. The minimum Gasteiger partial charge on any atom is -0.511 e. The smallest absolute Gasteiger partial charge is 0.511 e. The van der Waals surface area contributed by atoms with Gasteiger partial charge in [-0.05, 0) is 72.8 Å². The van der Waals surface area contributed by atoms with E-state index < -0.39 is 7.32 Å². The van der Waals surface area contributed by atoms with Crippen molar-refractivity contribution in [1.82, 2.24) is 0 Å². The van der Waals surface area contributed by atoms with Crippen molar-refractivity contribution in [3.8, 4) is 5.75 Å². The summed E-state index contributed by atoms with van der Waals surface area (Å²) in [6.07, 6.45) is 0. The Bertz CT molecular complexity index is 1140. The Balaban J connectivity index is 0.000000259. The summed E-state index contributed by atoms with van der Waals surface area (Å²) >= 11 is 0. The molecule has 0 saturated carbocycles. The summed E-state index contributed by atoms with van der Waals surface area (Å²) in [4.78, 5) is 0. The molecule has 0 atom stereocenters. The van der Waals surface area contributed by atoms with Gasteiger partial charge in [0.05, 0.1) is 26.2 Å². The highest BCUT2D eigenvalue weighted by molar-refractivity contribution is 6.34. The lowest BCUT2D eigenvalue weighted by Crippen LogP contribution is -2.47. The van der Waals surface area contributed by atoms with E-state index in [9.17, 15) is 0 Å². The van der Waals surface area contributed by atoms with Crippen molar-refractivity contribution in [2.24, 2.45) is 0 Å². The molecule has 2 N–H and O–H groups in total. The molecule has 4 aromatic rings. The summed E-state index contributed by atoms with van der Waals surface area (Å²) in [5.74, 6) is 0.466. The van der Waals surface area contributed by atoms with Crippen LogP contribution in [0.25, 0.3) is 32.3 Å². The van der Waals surface area contributed by atoms with Crippen molar-refractivity contribution >= 4 is 39.6 Å². The molecule has 0 aliphatic heterocycles. The predicted octanol–water partition coefficient (Wildman–Crippen LogP) is 5.38. The first-order valence-corrected chi connectivity index (χ1v) is 11.2. The first kappa shape index (κ1) is 23.1. The van der Waals surface area contributed by atoms with E-state index in [1.165, 1.54) is 36.0 Å². The highest BCUT2D eigenvalue weighted by Crippen LogP contribution is 2.35. The second-order valence-corrected chi connectivity index (χ2v) is 7.89. The van der Waals surface area contributed by atoms with Crippen LogP contribution in [0.1, 0.15) is 27.7 Å². The first-order chi connectivity index (χ1) is 15.0. The highest BCUT2D eigenvalue weighted by Gasteiger charge is 2.16. The Labute approximate surface area is 185 Å². The molecule has 4 nitrogen and oxygen atoms in total. The Kier molecular flexibility index (Phi) is 7.55. The molecule has 31 heavy (non-hydrogen) atoms. The molecule has 0 aliphatic carbocycles. The van der Waals surface area contributed by atoms with Gasteiger partial charge in [0.1, 0.15) is 5.75 Å². The van der Waals surface area contributed by atoms with E-state index in [1.807, 2.05) is 30.3 Å². The molecule has 0 aliphatic rings. The van der Waals surface area contributed by atoms with E-state index in [2.05, 4.69) is 58.0 Å². The molecule has 162 valence electrons. The minimum absolute atomic E-state index is 0.466. The van der Waals surface area contributed by atoms with Gasteiger partial charge in [-0.1, -0.05) is 48.5 Å². The van der Waals surface area contributed by atoms with E-state index in [1.54, 1.807) is 6.07 Å². The molecule has 0 bridgehead atoms. The second-order valence-electron chi connectivity index (χ2n) is 7.89. The zero-order chi connectivity index (χ0) is 22.4. The number of benzene rings is 4. The van der Waals surface area contributed by atoms with Crippen LogP contribution >= 0.6 is 0 Å². The molecule has 0 aromatic heterocycles. The van der Waals surface area contributed by atoms with Gasteiger partial charge >= 0.3 is 7.32 Å². The Morgan fingerprint density at radius 3 is 1.77 bits per heavy atom. The number of quaternary nitrogens is 1. The van der Waals surface area contributed by atoms with Crippen LogP contribution in [-0.2, 0) is 0 Å². The van der Waals surface area contributed by atoms with Crippen LogP contribution in [0.15, 0.2) is 66.7 Å². The van der Waals surface area contributed by atoms with E-state index >= 15 is 0 Å². The number of hydrogen-bond donors (Lipinski definition) is 2. The fraction of sp³-hybridized carbons (Fsp3) is 0.308. The normalized spacial score (nSPS) is 11.4. The van der Waals surface area contributed by atoms with Gasteiger partial charge in [-0.3, -0.25) is 0 Å². The minimum atomic E-state index is -1.83. The van der Waals surface area contributed by atoms with Crippen LogP contribution in [0.5, 0.6) is 5.75 Å². The SMILES string of the molecule is CC[N+](CC)(CC)CC.OB(O)Oc1cccc2ccc3cc4ccccc4cc3c12. The molecule has 4 rings (SSSR count). The molecule has 4 aromatic carbocycles. The highest BCUT2D eigenvalue weighted by atomic mass is 16.6. The van der Waals surface area contributed by atoms with Gasteiger partial charge in [-0.25, -0.2) is 0 Å². The molecule has 0 fully saturated rings. The van der Waals surface area contributed by atoms with Crippen molar-refractivity contribution in [2.45, 2.75) is 27.7 Å². The van der Waals surface area contributed by atoms with E-state index in [-0.39, 0.29) is 0 Å². The van der Waals surface area contributed by atoms with Crippen LogP contribution in [0.3, 0.4) is 0 Å². The molecule has 0 saturated heterocycles. The van der Waals surface area contributed by atoms with E-state index in [0.717, 1.165) is 26.9 Å². The van der Waals surface area contributed by atoms with Crippen LogP contribution < -0.4 is 4.65 Å². The van der Waals surface area contributed by atoms with Crippen molar-refractivity contribution in [3.05, 3.63) is 66.7 Å². The van der Waals surface area contributed by atoms with Gasteiger partial charge in [0, 0.05) is 5.39 Å². The summed E-state index contributed by atoms with van der Waals surface area (Å²) < 4.78 is 6.44. The van der Waals surface area contributed by atoms with Gasteiger partial charge in [0.25, 0.3) is 0 Å². The number of hydrogen-bond acceptors (Lipinski definition) is 3. The maximum absolute atomic E-state index is 9.14. The summed E-state index contributed by atoms with van der Waals surface area (Å²) in [6.45, 7) is 14.2. The van der Waals surface area contributed by atoms with Crippen LogP contribution in [-0.4, -0.2) is 48.0 Å². The molecule has 0 heterocycles. The quantitative estimate of drug-likeness (QED) is 0.191. The average Bonchev–Trinajstić information content (AvgIpc) is 2.80. The third kappa shape index (κ3) is 5.01. The first-order valence-electron chi connectivity index (χ1n) is 11.2. The summed E-state index contributed by atoms with van der Waals surface area (Å²) in [5.41, 5.74) is 0. The number of fused-ring (bicyclic) bond motifs is 4. The van der Waals surface area contributed by atoms with Crippen molar-refractivity contribution < 1.29 is 19.2 Å². The number of nitrogens with zero attached hydrogens (tertiary/aromatic N) is 1. The summed E-state index contributed by atoms with van der Waals surface area (Å²) in [6, 6.07) is 22.1. The molecular formula is C26H33BNO3+. The maximum Gasteiger partial charge on any atom is 0.707 e. The monoisotopic (exact) mass is 418 g/mol. The molecule has 0 amide bonds. The fourth-order valence-corrected chi connectivity index (χ4v) is 4.32. The van der Waals surface area contributed by atoms with Gasteiger partial charge < -0.3 is 19.2 Å². The van der Waals surface area contributed by atoms with Crippen molar-refractivity contribution in [2.75, 3.05) is 26.2 Å². The Morgan fingerprint density at radius 2 is 1.23 bits per heavy atom. The van der Waals surface area contributed by atoms with Crippen LogP contribution in [0.2, 0.25) is 0 Å². The Morgan fingerprint density at radius 1 is 0.677 bits per heavy atom. The Hall–Kier alpha value is -2.60. The number of rotatable bonds is 6. The summed E-state index contributed by atoms with van der Waals surface area (Å²) in [7, 11) is -1.83. The third-order valence-corrected chi connectivity index (χ3v) is 6.60. The van der Waals surface area contributed by atoms with Crippen LogP contribution in [0.4, 0.5) is 0 Å². The van der Waals surface area contributed by atoms with Crippen LogP contribution in [0, 0.1) is 0 Å². The van der Waals surface area contributed by atoms with Gasteiger partial charge in [-0.2, -0.15) is 0 Å². The maximum atomic E-state index is 9.14. The second kappa shape index (κ2) is 10.1. The van der Waals surface area contributed by atoms with Gasteiger partial charge in [0.2, 0.25) is 0 Å². The van der Waals surface area contributed by atoms with Crippen molar-refractivity contribution in [3.63, 3.8) is 0 Å². The molecule has 5 heteroatoms. The molecule has 0 spiro atoms. The van der Waals surface area contributed by atoms with E-state index in [0.29, 0.717) is 5.75 Å². The zero-order valence-corrected chi connectivity index (χ0v) is 19.0. The molecular weight excluding hydrogens is 385 g/mol.